The predicted molar refractivity (Wildman–Crippen MR) is 85.9 cm³/mol. The maximum absolute atomic E-state index is 9.72. The number of imidazole rings is 1. The van der Waals surface area contributed by atoms with E-state index in [-0.39, 0.29) is 19.0 Å². The summed E-state index contributed by atoms with van der Waals surface area (Å²) in [7, 11) is 0. The Morgan fingerprint density at radius 1 is 1.43 bits per heavy atom. The van der Waals surface area contributed by atoms with E-state index in [0.717, 1.165) is 29.2 Å². The summed E-state index contributed by atoms with van der Waals surface area (Å²) in [5, 5.41) is 9.72. The molecule has 1 aromatic heterocycles. The molecule has 21 heavy (non-hydrogen) atoms. The van der Waals surface area contributed by atoms with E-state index in [2.05, 4.69) is 9.55 Å². The molecular formula is C15H22ClN3O2. The van der Waals surface area contributed by atoms with Crippen molar-refractivity contribution in [2.45, 2.75) is 38.8 Å². The molecule has 0 bridgehead atoms. The van der Waals surface area contributed by atoms with Crippen LogP contribution in [0.1, 0.15) is 26.7 Å². The fourth-order valence-corrected chi connectivity index (χ4v) is 2.22. The van der Waals surface area contributed by atoms with Gasteiger partial charge in [-0.3, -0.25) is 0 Å². The van der Waals surface area contributed by atoms with Crippen LogP contribution in [0.25, 0.3) is 11.0 Å². The van der Waals surface area contributed by atoms with Crippen LogP contribution in [0.4, 0.5) is 5.95 Å². The molecule has 3 rings (SSSR count). The van der Waals surface area contributed by atoms with Gasteiger partial charge in [-0.2, -0.15) is 0 Å². The summed E-state index contributed by atoms with van der Waals surface area (Å²) in [5.41, 5.74) is 7.04. The zero-order chi connectivity index (χ0) is 14.3. The third kappa shape index (κ3) is 3.80. The average molecular weight is 312 g/mol. The van der Waals surface area contributed by atoms with Crippen molar-refractivity contribution in [1.29, 1.82) is 0 Å². The van der Waals surface area contributed by atoms with E-state index < -0.39 is 5.60 Å². The van der Waals surface area contributed by atoms with Gasteiger partial charge < -0.3 is 20.1 Å². The van der Waals surface area contributed by atoms with E-state index in [4.69, 9.17) is 10.5 Å². The summed E-state index contributed by atoms with van der Waals surface area (Å²) in [6.07, 6.45) is 2.54. The molecule has 0 atom stereocenters. The lowest BCUT2D eigenvalue weighted by Gasteiger charge is -2.17. The van der Waals surface area contributed by atoms with Gasteiger partial charge in [-0.25, -0.2) is 4.98 Å². The number of ether oxygens (including phenoxy) is 1. The second-order valence-electron chi connectivity index (χ2n) is 6.28. The highest BCUT2D eigenvalue weighted by atomic mass is 35.5. The normalized spacial score (nSPS) is 15.0. The molecule has 1 aliphatic carbocycles. The Morgan fingerprint density at radius 2 is 2.14 bits per heavy atom. The van der Waals surface area contributed by atoms with Crippen LogP contribution in [0.15, 0.2) is 18.2 Å². The lowest BCUT2D eigenvalue weighted by Crippen LogP contribution is -2.27. The first kappa shape index (κ1) is 15.9. The molecule has 0 spiro atoms. The fourth-order valence-electron chi connectivity index (χ4n) is 2.22. The zero-order valence-corrected chi connectivity index (χ0v) is 13.2. The van der Waals surface area contributed by atoms with Crippen LogP contribution in [0.5, 0.6) is 5.75 Å². The number of hydrogen-bond acceptors (Lipinski definition) is 4. The molecular weight excluding hydrogens is 290 g/mol. The fraction of sp³-hybridized carbons (Fsp3) is 0.533. The monoisotopic (exact) mass is 311 g/mol. The van der Waals surface area contributed by atoms with Crippen LogP contribution in [-0.2, 0) is 6.54 Å². The number of anilines is 1. The van der Waals surface area contributed by atoms with Crippen molar-refractivity contribution in [1.82, 2.24) is 9.55 Å². The second-order valence-corrected chi connectivity index (χ2v) is 6.28. The minimum Gasteiger partial charge on any atom is -0.491 e. The van der Waals surface area contributed by atoms with Crippen molar-refractivity contribution in [3.8, 4) is 5.75 Å². The van der Waals surface area contributed by atoms with Gasteiger partial charge in [0, 0.05) is 12.6 Å². The summed E-state index contributed by atoms with van der Waals surface area (Å²) in [4.78, 5) is 4.38. The Morgan fingerprint density at radius 3 is 2.76 bits per heavy atom. The molecule has 1 fully saturated rings. The number of halogens is 1. The number of aromatic nitrogens is 2. The SMILES string of the molecule is CC(C)(O)COc1ccc2nc(N)n(CC3CC3)c2c1.Cl. The van der Waals surface area contributed by atoms with Gasteiger partial charge in [0.05, 0.1) is 16.6 Å². The summed E-state index contributed by atoms with van der Waals surface area (Å²) in [6, 6.07) is 5.73. The largest absolute Gasteiger partial charge is 0.491 e. The van der Waals surface area contributed by atoms with Crippen molar-refractivity contribution < 1.29 is 9.84 Å². The Hall–Kier alpha value is -1.46. The van der Waals surface area contributed by atoms with Gasteiger partial charge in [0.25, 0.3) is 0 Å². The average Bonchev–Trinajstić information content (AvgIpc) is 3.12. The van der Waals surface area contributed by atoms with Crippen LogP contribution in [-0.4, -0.2) is 26.9 Å². The van der Waals surface area contributed by atoms with E-state index in [1.54, 1.807) is 13.8 Å². The number of fused-ring (bicyclic) bond motifs is 1. The molecule has 0 aliphatic heterocycles. The molecule has 3 N–H and O–H groups in total. The first-order chi connectivity index (χ1) is 9.42. The van der Waals surface area contributed by atoms with Crippen LogP contribution in [0.2, 0.25) is 0 Å². The third-order valence-electron chi connectivity index (χ3n) is 3.48. The topological polar surface area (TPSA) is 73.3 Å². The second kappa shape index (κ2) is 5.73. The van der Waals surface area contributed by atoms with Crippen molar-refractivity contribution in [3.63, 3.8) is 0 Å². The van der Waals surface area contributed by atoms with Gasteiger partial charge in [-0.15, -0.1) is 12.4 Å². The molecule has 0 radical (unpaired) electrons. The lowest BCUT2D eigenvalue weighted by molar-refractivity contribution is 0.0285. The van der Waals surface area contributed by atoms with Crippen LogP contribution in [0, 0.1) is 5.92 Å². The minimum atomic E-state index is -0.845. The summed E-state index contributed by atoms with van der Waals surface area (Å²) in [5.74, 6) is 2.03. The maximum Gasteiger partial charge on any atom is 0.201 e. The lowest BCUT2D eigenvalue weighted by atomic mass is 10.2. The van der Waals surface area contributed by atoms with Gasteiger partial charge >= 0.3 is 0 Å². The van der Waals surface area contributed by atoms with Crippen molar-refractivity contribution in [2.24, 2.45) is 5.92 Å². The quantitative estimate of drug-likeness (QED) is 0.890. The molecule has 1 heterocycles. The Kier molecular flexibility index (Phi) is 4.35. The van der Waals surface area contributed by atoms with Gasteiger partial charge in [0.2, 0.25) is 5.95 Å². The van der Waals surface area contributed by atoms with E-state index in [0.29, 0.717) is 5.95 Å². The highest BCUT2D eigenvalue weighted by Crippen LogP contribution is 2.33. The number of rotatable bonds is 5. The number of hydrogen-bond donors (Lipinski definition) is 2. The van der Waals surface area contributed by atoms with E-state index in [9.17, 15) is 5.11 Å². The van der Waals surface area contributed by atoms with Gasteiger partial charge in [0.1, 0.15) is 12.4 Å². The standard InChI is InChI=1S/C15H21N3O2.ClH/c1-15(2,19)9-20-11-5-6-12-13(7-11)18(14(16)17-12)8-10-3-4-10;/h5-7,10,19H,3-4,8-9H2,1-2H3,(H2,16,17);1H. The van der Waals surface area contributed by atoms with Crippen molar-refractivity contribution in [3.05, 3.63) is 18.2 Å². The van der Waals surface area contributed by atoms with Gasteiger partial charge in [-0.05, 0) is 44.7 Å². The number of nitrogen functional groups attached to an aromatic ring is 1. The van der Waals surface area contributed by atoms with Crippen LogP contribution in [0.3, 0.4) is 0 Å². The van der Waals surface area contributed by atoms with Crippen molar-refractivity contribution >= 4 is 29.4 Å². The predicted octanol–water partition coefficient (Wildman–Crippen LogP) is 2.60. The first-order valence-corrected chi connectivity index (χ1v) is 7.03. The molecule has 2 aromatic rings. The summed E-state index contributed by atoms with van der Waals surface area (Å²) < 4.78 is 7.69. The number of benzene rings is 1. The third-order valence-corrected chi connectivity index (χ3v) is 3.48. The first-order valence-electron chi connectivity index (χ1n) is 7.03. The Labute approximate surface area is 130 Å². The van der Waals surface area contributed by atoms with Crippen molar-refractivity contribution in [2.75, 3.05) is 12.3 Å². The van der Waals surface area contributed by atoms with Crippen LogP contribution >= 0.6 is 12.4 Å². The zero-order valence-electron chi connectivity index (χ0n) is 12.4. The molecule has 0 amide bonds. The summed E-state index contributed by atoms with van der Waals surface area (Å²) in [6.45, 7) is 4.63. The number of nitrogens with zero attached hydrogens (tertiary/aromatic N) is 2. The number of nitrogens with two attached hydrogens (primary N) is 1. The molecule has 5 nitrogen and oxygen atoms in total. The highest BCUT2D eigenvalue weighted by Gasteiger charge is 2.24. The molecule has 0 unspecified atom stereocenters. The van der Waals surface area contributed by atoms with Crippen LogP contribution < -0.4 is 10.5 Å². The van der Waals surface area contributed by atoms with E-state index >= 15 is 0 Å². The van der Waals surface area contributed by atoms with Gasteiger partial charge in [0.15, 0.2) is 0 Å². The molecule has 1 aromatic carbocycles. The van der Waals surface area contributed by atoms with E-state index in [1.807, 2.05) is 18.2 Å². The van der Waals surface area contributed by atoms with Gasteiger partial charge in [-0.1, -0.05) is 0 Å². The Balaban J connectivity index is 0.00000161. The van der Waals surface area contributed by atoms with E-state index in [1.165, 1.54) is 12.8 Å². The smallest absolute Gasteiger partial charge is 0.201 e. The molecule has 0 saturated heterocycles. The molecule has 6 heteroatoms. The molecule has 1 aliphatic rings. The molecule has 116 valence electrons. The highest BCUT2D eigenvalue weighted by molar-refractivity contribution is 5.85. The molecule has 1 saturated carbocycles. The Bertz CT molecular complexity index is 630. The maximum atomic E-state index is 9.72. The summed E-state index contributed by atoms with van der Waals surface area (Å²) >= 11 is 0. The minimum absolute atomic E-state index is 0. The number of aliphatic hydroxyl groups is 1.